The number of para-hydroxylation sites is 2. The van der Waals surface area contributed by atoms with Crippen molar-refractivity contribution in [3.63, 3.8) is 0 Å². The molecule has 0 radical (unpaired) electrons. The molecule has 0 aliphatic rings. The number of hydrogen-bond acceptors (Lipinski definition) is 2. The van der Waals surface area contributed by atoms with Gasteiger partial charge in [-0.2, -0.15) is 13.2 Å². The highest BCUT2D eigenvalue weighted by Gasteiger charge is 2.30. The minimum absolute atomic E-state index is 0.123. The number of nitrogens with one attached hydrogen (secondary N) is 2. The molecule has 3 aromatic carbocycles. The quantitative estimate of drug-likeness (QED) is 0.212. The van der Waals surface area contributed by atoms with Gasteiger partial charge in [0, 0.05) is 42.4 Å². The van der Waals surface area contributed by atoms with Gasteiger partial charge in [-0.3, -0.25) is 4.79 Å². The summed E-state index contributed by atoms with van der Waals surface area (Å²) in [6, 6.07) is 18.1. The third-order valence-electron chi connectivity index (χ3n) is 7.15. The highest BCUT2D eigenvalue weighted by atomic mass is 19.4. The number of halogens is 3. The standard InChI is InChI=1S/C32H35F3N4O2/c1-4-17-39(31(41)37-30-22(2)8-7-9-23(30)3)21-29(40)38(20-24-12-14-26(15-13-24)32(33,34)35)18-16-25-19-36-28-11-6-5-10-27(25)28/h5-15,19,36H,4,16-18,20-21H2,1-3H3,(H,37,41). The number of nitrogens with zero attached hydrogens (tertiary/aromatic N) is 2. The molecule has 4 aromatic rings. The molecule has 0 unspecified atom stereocenters. The third-order valence-corrected chi connectivity index (χ3v) is 7.15. The second kappa shape index (κ2) is 12.9. The number of aromatic amines is 1. The number of aryl methyl sites for hydroxylation is 2. The van der Waals surface area contributed by atoms with E-state index in [4.69, 9.17) is 0 Å². The van der Waals surface area contributed by atoms with Gasteiger partial charge < -0.3 is 20.1 Å². The number of anilines is 1. The molecule has 3 amide bonds. The first-order chi connectivity index (χ1) is 19.6. The zero-order valence-corrected chi connectivity index (χ0v) is 23.5. The van der Waals surface area contributed by atoms with Crippen molar-refractivity contribution >= 4 is 28.5 Å². The first-order valence-corrected chi connectivity index (χ1v) is 13.7. The number of aromatic nitrogens is 1. The first-order valence-electron chi connectivity index (χ1n) is 13.7. The monoisotopic (exact) mass is 564 g/mol. The minimum atomic E-state index is -4.44. The average molecular weight is 565 g/mol. The Kier molecular flexibility index (Phi) is 9.37. The van der Waals surface area contributed by atoms with Crippen LogP contribution in [0.2, 0.25) is 0 Å². The Bertz CT molecular complexity index is 1470. The number of benzene rings is 3. The third kappa shape index (κ3) is 7.48. The molecule has 1 heterocycles. The smallest absolute Gasteiger partial charge is 0.361 e. The van der Waals surface area contributed by atoms with Crippen molar-refractivity contribution < 1.29 is 22.8 Å². The van der Waals surface area contributed by atoms with E-state index in [1.807, 2.05) is 69.4 Å². The van der Waals surface area contributed by atoms with Crippen LogP contribution in [0.5, 0.6) is 0 Å². The van der Waals surface area contributed by atoms with Crippen LogP contribution in [0.25, 0.3) is 10.9 Å². The van der Waals surface area contributed by atoms with Crippen LogP contribution in [0.15, 0.2) is 72.9 Å². The lowest BCUT2D eigenvalue weighted by molar-refractivity contribution is -0.137. The molecular weight excluding hydrogens is 529 g/mol. The van der Waals surface area contributed by atoms with Crippen molar-refractivity contribution in [2.24, 2.45) is 0 Å². The summed E-state index contributed by atoms with van der Waals surface area (Å²) in [7, 11) is 0. The number of hydrogen-bond donors (Lipinski definition) is 2. The Hall–Kier alpha value is -4.27. The Labute approximate surface area is 238 Å². The van der Waals surface area contributed by atoms with Crippen molar-refractivity contribution in [3.8, 4) is 0 Å². The average Bonchev–Trinajstić information content (AvgIpc) is 3.35. The van der Waals surface area contributed by atoms with E-state index in [0.717, 1.165) is 39.7 Å². The van der Waals surface area contributed by atoms with Crippen LogP contribution in [-0.2, 0) is 23.9 Å². The Balaban J connectivity index is 1.54. The Morgan fingerprint density at radius 3 is 2.22 bits per heavy atom. The van der Waals surface area contributed by atoms with Crippen molar-refractivity contribution in [3.05, 3.63) is 101 Å². The van der Waals surface area contributed by atoms with E-state index < -0.39 is 11.7 Å². The lowest BCUT2D eigenvalue weighted by atomic mass is 10.1. The molecule has 0 bridgehead atoms. The molecule has 0 fully saturated rings. The lowest BCUT2D eigenvalue weighted by Gasteiger charge is -2.28. The van der Waals surface area contributed by atoms with Crippen LogP contribution in [0.1, 0.15) is 41.2 Å². The molecule has 0 saturated carbocycles. The number of urea groups is 1. The van der Waals surface area contributed by atoms with Crippen molar-refractivity contribution in [2.75, 3.05) is 25.0 Å². The molecule has 0 atom stereocenters. The van der Waals surface area contributed by atoms with Crippen LogP contribution in [0, 0.1) is 13.8 Å². The number of fused-ring (bicyclic) bond motifs is 1. The molecule has 41 heavy (non-hydrogen) atoms. The van der Waals surface area contributed by atoms with Crippen molar-refractivity contribution in [1.82, 2.24) is 14.8 Å². The van der Waals surface area contributed by atoms with Gasteiger partial charge in [0.1, 0.15) is 6.54 Å². The molecular formula is C32H35F3N4O2. The number of alkyl halides is 3. The molecule has 216 valence electrons. The molecule has 0 aliphatic carbocycles. The number of carbonyl (C=O) groups excluding carboxylic acids is 2. The maximum Gasteiger partial charge on any atom is 0.416 e. The Morgan fingerprint density at radius 2 is 1.56 bits per heavy atom. The number of rotatable bonds is 10. The molecule has 0 spiro atoms. The first kappa shape index (κ1) is 29.7. The summed E-state index contributed by atoms with van der Waals surface area (Å²) in [5.41, 5.74) is 4.41. The lowest BCUT2D eigenvalue weighted by Crippen LogP contribution is -2.45. The summed E-state index contributed by atoms with van der Waals surface area (Å²) >= 11 is 0. The molecule has 1 aromatic heterocycles. The summed E-state index contributed by atoms with van der Waals surface area (Å²) in [6.07, 6.45) is -1.33. The van der Waals surface area contributed by atoms with Crippen LogP contribution in [0.3, 0.4) is 0 Å². The molecule has 4 rings (SSSR count). The maximum atomic E-state index is 13.7. The van der Waals surface area contributed by atoms with Gasteiger partial charge in [-0.25, -0.2) is 4.79 Å². The predicted octanol–water partition coefficient (Wildman–Crippen LogP) is 7.32. The minimum Gasteiger partial charge on any atom is -0.361 e. The highest BCUT2D eigenvalue weighted by molar-refractivity contribution is 5.93. The van der Waals surface area contributed by atoms with Crippen molar-refractivity contribution in [1.29, 1.82) is 0 Å². The highest BCUT2D eigenvalue weighted by Crippen LogP contribution is 2.29. The van der Waals surface area contributed by atoms with E-state index in [0.29, 0.717) is 37.2 Å². The van der Waals surface area contributed by atoms with Crippen molar-refractivity contribution in [2.45, 2.75) is 46.3 Å². The second-order valence-electron chi connectivity index (χ2n) is 10.2. The largest absolute Gasteiger partial charge is 0.416 e. The van der Waals surface area contributed by atoms with Crippen LogP contribution >= 0.6 is 0 Å². The van der Waals surface area contributed by atoms with Gasteiger partial charge in [0.15, 0.2) is 0 Å². The van der Waals surface area contributed by atoms with E-state index in [-0.39, 0.29) is 25.0 Å². The summed E-state index contributed by atoms with van der Waals surface area (Å²) < 4.78 is 39.3. The SMILES string of the molecule is CCCN(CC(=O)N(CCc1c[nH]c2ccccc12)Cc1ccc(C(F)(F)F)cc1)C(=O)Nc1c(C)cccc1C. The summed E-state index contributed by atoms with van der Waals surface area (Å²) in [6.45, 7) is 6.43. The van der Waals surface area contributed by atoms with E-state index in [1.54, 1.807) is 4.90 Å². The summed E-state index contributed by atoms with van der Waals surface area (Å²) in [5.74, 6) is -0.283. The molecule has 0 saturated heterocycles. The van der Waals surface area contributed by atoms with E-state index in [9.17, 15) is 22.8 Å². The van der Waals surface area contributed by atoms with Crippen LogP contribution < -0.4 is 5.32 Å². The maximum absolute atomic E-state index is 13.7. The topological polar surface area (TPSA) is 68.4 Å². The summed E-state index contributed by atoms with van der Waals surface area (Å²) in [5, 5.41) is 4.01. The fourth-order valence-electron chi connectivity index (χ4n) is 4.89. The van der Waals surface area contributed by atoms with E-state index >= 15 is 0 Å². The van der Waals surface area contributed by atoms with Crippen LogP contribution in [0.4, 0.5) is 23.7 Å². The van der Waals surface area contributed by atoms with Gasteiger partial charge >= 0.3 is 12.2 Å². The number of carbonyl (C=O) groups is 2. The van der Waals surface area contributed by atoms with Gasteiger partial charge in [0.25, 0.3) is 0 Å². The molecule has 2 N–H and O–H groups in total. The molecule has 6 nitrogen and oxygen atoms in total. The van der Waals surface area contributed by atoms with Crippen LogP contribution in [-0.4, -0.2) is 46.4 Å². The Morgan fingerprint density at radius 1 is 0.878 bits per heavy atom. The van der Waals surface area contributed by atoms with E-state index in [2.05, 4.69) is 10.3 Å². The summed E-state index contributed by atoms with van der Waals surface area (Å²) in [4.78, 5) is 33.3. The fraction of sp³-hybridized carbons (Fsp3) is 0.312. The molecule has 9 heteroatoms. The number of H-pyrrole nitrogens is 1. The van der Waals surface area contributed by atoms with Gasteiger partial charge in [-0.15, -0.1) is 0 Å². The van der Waals surface area contributed by atoms with Gasteiger partial charge in [0.05, 0.1) is 5.56 Å². The van der Waals surface area contributed by atoms with Gasteiger partial charge in [0.2, 0.25) is 5.91 Å². The normalized spacial score (nSPS) is 11.5. The zero-order valence-electron chi connectivity index (χ0n) is 23.5. The van der Waals surface area contributed by atoms with E-state index in [1.165, 1.54) is 17.0 Å². The number of amides is 3. The second-order valence-corrected chi connectivity index (χ2v) is 10.2. The zero-order chi connectivity index (χ0) is 29.6. The van der Waals surface area contributed by atoms with Gasteiger partial charge in [-0.05, 0) is 67.1 Å². The van der Waals surface area contributed by atoms with Gasteiger partial charge in [-0.1, -0.05) is 55.5 Å². The predicted molar refractivity (Wildman–Crippen MR) is 156 cm³/mol. The molecule has 0 aliphatic heterocycles. The fourth-order valence-corrected chi connectivity index (χ4v) is 4.89.